The Bertz CT molecular complexity index is 211. The van der Waals surface area contributed by atoms with Crippen LogP contribution in [0.3, 0.4) is 0 Å². The Morgan fingerprint density at radius 1 is 1.38 bits per heavy atom. The van der Waals surface area contributed by atoms with Crippen molar-refractivity contribution in [3.05, 3.63) is 12.2 Å². The SMILES string of the molecule is C=C(C)C(=O)SCCCCC(=O)O. The van der Waals surface area contributed by atoms with Gasteiger partial charge in [0.15, 0.2) is 0 Å². The van der Waals surface area contributed by atoms with E-state index in [1.165, 1.54) is 11.8 Å². The summed E-state index contributed by atoms with van der Waals surface area (Å²) in [7, 11) is 0. The minimum atomic E-state index is -0.781. The number of carbonyl (C=O) groups is 2. The standard InChI is InChI=1S/C9H14O3S/c1-7(2)9(12)13-6-4-3-5-8(10)11/h1,3-6H2,2H3,(H,10,11). The topological polar surface area (TPSA) is 54.4 Å². The van der Waals surface area contributed by atoms with Gasteiger partial charge in [-0.1, -0.05) is 18.3 Å². The second-order valence-electron chi connectivity index (χ2n) is 2.77. The summed E-state index contributed by atoms with van der Waals surface area (Å²) < 4.78 is 0. The maximum Gasteiger partial charge on any atom is 0.303 e. The van der Waals surface area contributed by atoms with Gasteiger partial charge in [0.05, 0.1) is 0 Å². The van der Waals surface area contributed by atoms with Crippen molar-refractivity contribution in [2.45, 2.75) is 26.2 Å². The Balaban J connectivity index is 3.31. The van der Waals surface area contributed by atoms with Crippen molar-refractivity contribution in [3.8, 4) is 0 Å². The third kappa shape index (κ3) is 7.59. The smallest absolute Gasteiger partial charge is 0.303 e. The molecule has 0 aromatic rings. The van der Waals surface area contributed by atoms with Crippen LogP contribution in [-0.2, 0) is 9.59 Å². The normalized spacial score (nSPS) is 9.62. The number of unbranched alkanes of at least 4 members (excludes halogenated alkanes) is 1. The molecule has 0 radical (unpaired) electrons. The number of carboxylic acid groups (broad SMARTS) is 1. The van der Waals surface area contributed by atoms with Crippen molar-refractivity contribution < 1.29 is 14.7 Å². The van der Waals surface area contributed by atoms with Gasteiger partial charge >= 0.3 is 5.97 Å². The van der Waals surface area contributed by atoms with Crippen LogP contribution in [0.25, 0.3) is 0 Å². The van der Waals surface area contributed by atoms with Crippen molar-refractivity contribution in [1.29, 1.82) is 0 Å². The first-order valence-corrected chi connectivity index (χ1v) is 5.07. The van der Waals surface area contributed by atoms with Gasteiger partial charge in [0, 0.05) is 12.2 Å². The first kappa shape index (κ1) is 12.2. The minimum Gasteiger partial charge on any atom is -0.481 e. The zero-order valence-electron chi connectivity index (χ0n) is 7.71. The molecular weight excluding hydrogens is 188 g/mol. The summed E-state index contributed by atoms with van der Waals surface area (Å²) in [4.78, 5) is 21.1. The molecule has 0 atom stereocenters. The molecule has 0 unspecified atom stereocenters. The Labute approximate surface area is 82.2 Å². The molecule has 0 aromatic heterocycles. The average Bonchev–Trinajstić information content (AvgIpc) is 2.02. The molecule has 0 aliphatic heterocycles. The largest absolute Gasteiger partial charge is 0.481 e. The number of carbonyl (C=O) groups excluding carboxylic acids is 1. The van der Waals surface area contributed by atoms with Crippen molar-refractivity contribution in [2.75, 3.05) is 5.75 Å². The van der Waals surface area contributed by atoms with Crippen LogP contribution < -0.4 is 0 Å². The lowest BCUT2D eigenvalue weighted by atomic mass is 10.2. The second-order valence-corrected chi connectivity index (χ2v) is 3.83. The quantitative estimate of drug-likeness (QED) is 0.529. The van der Waals surface area contributed by atoms with Crippen molar-refractivity contribution in [1.82, 2.24) is 0 Å². The Morgan fingerprint density at radius 3 is 2.46 bits per heavy atom. The molecule has 0 saturated heterocycles. The molecule has 4 heteroatoms. The highest BCUT2D eigenvalue weighted by Gasteiger charge is 2.02. The molecule has 1 N–H and O–H groups in total. The summed E-state index contributed by atoms with van der Waals surface area (Å²) in [6, 6.07) is 0. The van der Waals surface area contributed by atoms with E-state index in [0.29, 0.717) is 17.7 Å². The molecule has 0 spiro atoms. The summed E-state index contributed by atoms with van der Waals surface area (Å²) in [6.45, 7) is 5.19. The second kappa shape index (κ2) is 6.71. The van der Waals surface area contributed by atoms with E-state index < -0.39 is 5.97 Å². The van der Waals surface area contributed by atoms with Crippen LogP contribution in [0.15, 0.2) is 12.2 Å². The van der Waals surface area contributed by atoms with E-state index in [9.17, 15) is 9.59 Å². The van der Waals surface area contributed by atoms with E-state index in [-0.39, 0.29) is 11.5 Å². The van der Waals surface area contributed by atoms with Crippen LogP contribution in [0.2, 0.25) is 0 Å². The van der Waals surface area contributed by atoms with Gasteiger partial charge in [-0.05, 0) is 25.3 Å². The molecule has 0 amide bonds. The van der Waals surface area contributed by atoms with E-state index >= 15 is 0 Å². The van der Waals surface area contributed by atoms with Gasteiger partial charge in [-0.25, -0.2) is 0 Å². The molecule has 0 aliphatic carbocycles. The van der Waals surface area contributed by atoms with Crippen LogP contribution in [0, 0.1) is 0 Å². The fourth-order valence-electron chi connectivity index (χ4n) is 0.666. The molecule has 0 saturated carbocycles. The van der Waals surface area contributed by atoms with Gasteiger partial charge in [0.25, 0.3) is 0 Å². The average molecular weight is 202 g/mol. The van der Waals surface area contributed by atoms with E-state index in [0.717, 1.165) is 6.42 Å². The molecule has 3 nitrogen and oxygen atoms in total. The number of hydrogen-bond donors (Lipinski definition) is 1. The molecular formula is C9H14O3S. The van der Waals surface area contributed by atoms with Crippen LogP contribution in [0.1, 0.15) is 26.2 Å². The van der Waals surface area contributed by atoms with Crippen LogP contribution in [0.5, 0.6) is 0 Å². The van der Waals surface area contributed by atoms with Crippen molar-refractivity contribution in [3.63, 3.8) is 0 Å². The zero-order valence-corrected chi connectivity index (χ0v) is 8.52. The molecule has 0 heterocycles. The first-order valence-electron chi connectivity index (χ1n) is 4.08. The predicted molar refractivity (Wildman–Crippen MR) is 53.8 cm³/mol. The summed E-state index contributed by atoms with van der Waals surface area (Å²) in [5, 5.41) is 8.32. The summed E-state index contributed by atoms with van der Waals surface area (Å²) in [6.07, 6.45) is 1.57. The predicted octanol–water partition coefficient (Wildman–Crippen LogP) is 2.08. The minimum absolute atomic E-state index is 0.00433. The molecule has 0 rings (SSSR count). The van der Waals surface area contributed by atoms with Crippen LogP contribution in [0.4, 0.5) is 0 Å². The molecule has 0 fully saturated rings. The van der Waals surface area contributed by atoms with Gasteiger partial charge in [-0.15, -0.1) is 0 Å². The Kier molecular flexibility index (Phi) is 6.32. The number of rotatable bonds is 6. The van der Waals surface area contributed by atoms with Crippen molar-refractivity contribution in [2.24, 2.45) is 0 Å². The van der Waals surface area contributed by atoms with E-state index in [1.807, 2.05) is 0 Å². The third-order valence-electron chi connectivity index (χ3n) is 1.37. The maximum atomic E-state index is 11.0. The van der Waals surface area contributed by atoms with E-state index in [2.05, 4.69) is 6.58 Å². The van der Waals surface area contributed by atoms with Crippen LogP contribution in [-0.4, -0.2) is 21.9 Å². The van der Waals surface area contributed by atoms with Gasteiger partial charge in [0.2, 0.25) is 5.12 Å². The number of aliphatic carboxylic acids is 1. The van der Waals surface area contributed by atoms with E-state index in [4.69, 9.17) is 5.11 Å². The Hall–Kier alpha value is -0.770. The highest BCUT2D eigenvalue weighted by molar-refractivity contribution is 8.14. The summed E-state index contributed by atoms with van der Waals surface area (Å²) in [5.74, 6) is -0.102. The first-order chi connectivity index (χ1) is 6.04. The molecule has 0 aromatic carbocycles. The summed E-state index contributed by atoms with van der Waals surface area (Å²) in [5.41, 5.74) is 0.545. The fraction of sp³-hybridized carbons (Fsp3) is 0.556. The van der Waals surface area contributed by atoms with Gasteiger partial charge in [0.1, 0.15) is 0 Å². The van der Waals surface area contributed by atoms with Crippen LogP contribution >= 0.6 is 11.8 Å². The molecule has 13 heavy (non-hydrogen) atoms. The number of carboxylic acids is 1. The lowest BCUT2D eigenvalue weighted by Gasteiger charge is -1.98. The number of thioether (sulfide) groups is 1. The van der Waals surface area contributed by atoms with Gasteiger partial charge < -0.3 is 5.11 Å². The third-order valence-corrected chi connectivity index (χ3v) is 2.47. The molecule has 0 aliphatic rings. The fourth-order valence-corrected chi connectivity index (χ4v) is 1.45. The lowest BCUT2D eigenvalue weighted by molar-refractivity contribution is -0.137. The van der Waals surface area contributed by atoms with Gasteiger partial charge in [-0.3, -0.25) is 9.59 Å². The zero-order chi connectivity index (χ0) is 10.3. The molecule has 74 valence electrons. The van der Waals surface area contributed by atoms with Crippen molar-refractivity contribution >= 4 is 22.8 Å². The maximum absolute atomic E-state index is 11.0. The lowest BCUT2D eigenvalue weighted by Crippen LogP contribution is -1.96. The number of hydrogen-bond acceptors (Lipinski definition) is 3. The van der Waals surface area contributed by atoms with E-state index in [1.54, 1.807) is 6.92 Å². The highest BCUT2D eigenvalue weighted by atomic mass is 32.2. The Morgan fingerprint density at radius 2 is 2.00 bits per heavy atom. The highest BCUT2D eigenvalue weighted by Crippen LogP contribution is 2.11. The summed E-state index contributed by atoms with van der Waals surface area (Å²) >= 11 is 1.20. The monoisotopic (exact) mass is 202 g/mol. The van der Waals surface area contributed by atoms with Gasteiger partial charge in [-0.2, -0.15) is 0 Å². The molecule has 0 bridgehead atoms.